The number of fused-ring (bicyclic) bond motifs is 1. The van der Waals surface area contributed by atoms with Crippen LogP contribution < -0.4 is 10.4 Å². The number of hydrogen-bond acceptors (Lipinski definition) is 4. The molecule has 31 heavy (non-hydrogen) atoms. The summed E-state index contributed by atoms with van der Waals surface area (Å²) in [7, 11) is 3.71. The summed E-state index contributed by atoms with van der Waals surface area (Å²) < 4.78 is 29.5. The molecule has 4 nitrogen and oxygen atoms in total. The Morgan fingerprint density at radius 3 is 2.55 bits per heavy atom. The fourth-order valence-electron chi connectivity index (χ4n) is 4.26. The molecule has 2 heterocycles. The summed E-state index contributed by atoms with van der Waals surface area (Å²) in [5, 5.41) is 1.62. The Bertz CT molecular complexity index is 1210. The van der Waals surface area contributed by atoms with Crippen molar-refractivity contribution in [3.63, 3.8) is 0 Å². The predicted molar refractivity (Wildman–Crippen MR) is 122 cm³/mol. The highest BCUT2D eigenvalue weighted by molar-refractivity contribution is 5.81. The number of rotatable bonds is 4. The van der Waals surface area contributed by atoms with Gasteiger partial charge in [0.2, 0.25) is 0 Å². The molecule has 0 atom stereocenters. The summed E-state index contributed by atoms with van der Waals surface area (Å²) >= 11 is 0. The standard InChI is InChI=1S/C25H28F2N4/c1-5-31-8-6-17(7-9-31)18-10-20-14-28-25(29-24(20)23(27)12-18)19-11-21(15-30(3)4)16(2)22(26)13-19/h10-15,17H,2,5-9H2,1,3-4H3/b21-15-. The van der Waals surface area contributed by atoms with E-state index < -0.39 is 5.82 Å². The highest BCUT2D eigenvalue weighted by atomic mass is 19.1. The fraction of sp³-hybridized carbons (Fsp3) is 0.360. The quantitative estimate of drug-likeness (QED) is 0.644. The number of hydrogen-bond donors (Lipinski definition) is 0. The average Bonchev–Trinajstić information content (AvgIpc) is 2.76. The van der Waals surface area contributed by atoms with Crippen LogP contribution >= 0.6 is 0 Å². The summed E-state index contributed by atoms with van der Waals surface area (Å²) in [6.45, 7) is 9.10. The Morgan fingerprint density at radius 2 is 1.87 bits per heavy atom. The van der Waals surface area contributed by atoms with Crippen molar-refractivity contribution in [2.75, 3.05) is 33.7 Å². The van der Waals surface area contributed by atoms with E-state index in [0.717, 1.165) is 38.0 Å². The Kier molecular flexibility index (Phi) is 6.01. The molecule has 1 fully saturated rings. The molecule has 0 aliphatic carbocycles. The van der Waals surface area contributed by atoms with E-state index in [0.29, 0.717) is 33.1 Å². The highest BCUT2D eigenvalue weighted by Gasteiger charge is 2.21. The summed E-state index contributed by atoms with van der Waals surface area (Å²) in [5.41, 5.74) is 1.76. The maximum Gasteiger partial charge on any atom is 0.160 e. The van der Waals surface area contributed by atoms with E-state index in [2.05, 4.69) is 28.4 Å². The van der Waals surface area contributed by atoms with Crippen LogP contribution in [0, 0.1) is 11.6 Å². The van der Waals surface area contributed by atoms with Crippen molar-refractivity contribution < 1.29 is 8.78 Å². The number of piperidine rings is 1. The lowest BCUT2D eigenvalue weighted by Crippen LogP contribution is -2.32. The van der Waals surface area contributed by atoms with Gasteiger partial charge in [-0.2, -0.15) is 0 Å². The Morgan fingerprint density at radius 1 is 1.13 bits per heavy atom. The molecule has 6 heteroatoms. The molecule has 0 bridgehead atoms. The van der Waals surface area contributed by atoms with Crippen LogP contribution in [0.15, 0.2) is 30.5 Å². The zero-order valence-corrected chi connectivity index (χ0v) is 18.3. The third-order valence-corrected chi connectivity index (χ3v) is 6.05. The Balaban J connectivity index is 1.72. The lowest BCUT2D eigenvalue weighted by Gasteiger charge is -2.31. The topological polar surface area (TPSA) is 32.3 Å². The number of aromatic nitrogens is 2. The Hall–Kier alpha value is -2.86. The monoisotopic (exact) mass is 422 g/mol. The van der Waals surface area contributed by atoms with Gasteiger partial charge < -0.3 is 9.80 Å². The average molecular weight is 423 g/mol. The molecule has 0 radical (unpaired) electrons. The van der Waals surface area contributed by atoms with Crippen LogP contribution in [0.5, 0.6) is 0 Å². The maximum atomic E-state index is 15.0. The molecule has 0 saturated carbocycles. The van der Waals surface area contributed by atoms with E-state index >= 15 is 4.39 Å². The summed E-state index contributed by atoms with van der Waals surface area (Å²) in [6.07, 6.45) is 5.47. The van der Waals surface area contributed by atoms with Gasteiger partial charge in [-0.3, -0.25) is 0 Å². The molecule has 4 rings (SSSR count). The van der Waals surface area contributed by atoms with Crippen molar-refractivity contribution >= 4 is 23.7 Å². The summed E-state index contributed by atoms with van der Waals surface area (Å²) in [4.78, 5) is 13.1. The third-order valence-electron chi connectivity index (χ3n) is 6.05. The molecule has 0 amide bonds. The number of benzene rings is 2. The normalized spacial score (nSPS) is 16.2. The molecule has 1 aliphatic heterocycles. The molecule has 0 spiro atoms. The first-order chi connectivity index (χ1) is 14.9. The zero-order valence-electron chi connectivity index (χ0n) is 18.3. The Labute approximate surface area is 181 Å². The van der Waals surface area contributed by atoms with Gasteiger partial charge in [0.05, 0.1) is 0 Å². The highest BCUT2D eigenvalue weighted by Crippen LogP contribution is 2.31. The van der Waals surface area contributed by atoms with Crippen molar-refractivity contribution in [2.24, 2.45) is 0 Å². The number of nitrogens with zero attached hydrogens (tertiary/aromatic N) is 4. The van der Waals surface area contributed by atoms with E-state index in [4.69, 9.17) is 0 Å². The van der Waals surface area contributed by atoms with E-state index in [1.807, 2.05) is 25.1 Å². The van der Waals surface area contributed by atoms with E-state index in [9.17, 15) is 4.39 Å². The summed E-state index contributed by atoms with van der Waals surface area (Å²) in [6, 6.07) is 6.74. The molecule has 2 aromatic carbocycles. The van der Waals surface area contributed by atoms with Crippen LogP contribution in [-0.4, -0.2) is 53.5 Å². The minimum absolute atomic E-state index is 0.261. The summed E-state index contributed by atoms with van der Waals surface area (Å²) in [5.74, 6) is -0.154. The molecule has 0 unspecified atom stereocenters. The van der Waals surface area contributed by atoms with Crippen molar-refractivity contribution in [2.45, 2.75) is 25.7 Å². The third kappa shape index (κ3) is 4.44. The van der Waals surface area contributed by atoms with Crippen LogP contribution in [-0.2, 0) is 0 Å². The maximum absolute atomic E-state index is 15.0. The number of likely N-dealkylation sites (tertiary alicyclic amines) is 1. The van der Waals surface area contributed by atoms with Crippen LogP contribution in [0.2, 0.25) is 0 Å². The van der Waals surface area contributed by atoms with Crippen LogP contribution in [0.25, 0.3) is 35.1 Å². The van der Waals surface area contributed by atoms with Crippen LogP contribution in [0.4, 0.5) is 8.78 Å². The van der Waals surface area contributed by atoms with Crippen molar-refractivity contribution in [1.29, 1.82) is 0 Å². The van der Waals surface area contributed by atoms with Gasteiger partial charge >= 0.3 is 0 Å². The van der Waals surface area contributed by atoms with Gasteiger partial charge in [-0.1, -0.05) is 13.5 Å². The van der Waals surface area contributed by atoms with Gasteiger partial charge in [0.15, 0.2) is 5.82 Å². The predicted octanol–water partition coefficient (Wildman–Crippen LogP) is 3.48. The second-order valence-electron chi connectivity index (χ2n) is 8.46. The zero-order chi connectivity index (χ0) is 22.1. The first-order valence-electron chi connectivity index (χ1n) is 10.7. The fourth-order valence-corrected chi connectivity index (χ4v) is 4.26. The van der Waals surface area contributed by atoms with E-state index in [1.165, 1.54) is 6.07 Å². The molecular weight excluding hydrogens is 394 g/mol. The van der Waals surface area contributed by atoms with E-state index in [-0.39, 0.29) is 11.3 Å². The minimum atomic E-state index is -0.441. The van der Waals surface area contributed by atoms with Crippen molar-refractivity contribution in [1.82, 2.24) is 19.8 Å². The SMILES string of the molecule is C=c1c(F)cc(-c2ncc3cc(C4CCN(CC)CC4)cc(F)c3n2)c/c1=C/N(C)C. The van der Waals surface area contributed by atoms with Gasteiger partial charge in [-0.15, -0.1) is 0 Å². The molecular formula is C25H28F2N4. The molecule has 162 valence electrons. The van der Waals surface area contributed by atoms with Gasteiger partial charge in [0, 0.05) is 47.9 Å². The lowest BCUT2D eigenvalue weighted by molar-refractivity contribution is 0.222. The molecule has 0 N–H and O–H groups in total. The van der Waals surface area contributed by atoms with Crippen molar-refractivity contribution in [3.8, 4) is 11.4 Å². The molecule has 3 aromatic rings. The van der Waals surface area contributed by atoms with Crippen molar-refractivity contribution in [3.05, 3.63) is 58.1 Å². The van der Waals surface area contributed by atoms with Crippen LogP contribution in [0.1, 0.15) is 31.2 Å². The molecule has 1 saturated heterocycles. The number of halogens is 2. The largest absolute Gasteiger partial charge is 0.383 e. The molecule has 1 aliphatic rings. The minimum Gasteiger partial charge on any atom is -0.383 e. The first kappa shape index (κ1) is 21.4. The lowest BCUT2D eigenvalue weighted by atomic mass is 9.88. The molecule has 1 aromatic heterocycles. The van der Waals surface area contributed by atoms with Gasteiger partial charge in [-0.05, 0) is 68.2 Å². The first-order valence-corrected chi connectivity index (χ1v) is 10.7. The van der Waals surface area contributed by atoms with E-state index in [1.54, 1.807) is 24.5 Å². The van der Waals surface area contributed by atoms with Gasteiger partial charge in [-0.25, -0.2) is 18.7 Å². The van der Waals surface area contributed by atoms with Crippen LogP contribution in [0.3, 0.4) is 0 Å². The smallest absolute Gasteiger partial charge is 0.160 e. The van der Waals surface area contributed by atoms with Gasteiger partial charge in [0.1, 0.15) is 17.2 Å². The second-order valence-corrected chi connectivity index (χ2v) is 8.46. The van der Waals surface area contributed by atoms with Gasteiger partial charge in [0.25, 0.3) is 0 Å². The second kappa shape index (κ2) is 8.71.